The van der Waals surface area contributed by atoms with Gasteiger partial charge in [-0.25, -0.2) is 0 Å². The number of para-hydroxylation sites is 1. The summed E-state index contributed by atoms with van der Waals surface area (Å²) in [4.78, 5) is 23.9. The Labute approximate surface area is 156 Å². The molecule has 0 fully saturated rings. The maximum absolute atomic E-state index is 12.0. The van der Waals surface area contributed by atoms with Crippen molar-refractivity contribution in [1.29, 1.82) is 0 Å². The molecule has 0 bridgehead atoms. The Kier molecular flexibility index (Phi) is 5.84. The van der Waals surface area contributed by atoms with Gasteiger partial charge in [0.25, 0.3) is 0 Å². The summed E-state index contributed by atoms with van der Waals surface area (Å²) in [6.45, 7) is -0.117. The zero-order chi connectivity index (χ0) is 19.1. The molecule has 0 spiro atoms. The van der Waals surface area contributed by atoms with Crippen molar-refractivity contribution in [2.45, 2.75) is 6.42 Å². The van der Waals surface area contributed by atoms with Crippen LogP contribution in [-0.2, 0) is 16.0 Å². The molecule has 27 heavy (non-hydrogen) atoms. The summed E-state index contributed by atoms with van der Waals surface area (Å²) in [6.07, 6.45) is 0.0199. The van der Waals surface area contributed by atoms with E-state index < -0.39 is 0 Å². The molecule has 138 valence electrons. The van der Waals surface area contributed by atoms with Gasteiger partial charge in [-0.2, -0.15) is 0 Å². The average molecular weight is 365 g/mol. The zero-order valence-corrected chi connectivity index (χ0v) is 14.8. The van der Waals surface area contributed by atoms with Crippen LogP contribution in [0.15, 0.2) is 65.2 Å². The predicted octanol–water partition coefficient (Wildman–Crippen LogP) is 2.65. The first-order valence-electron chi connectivity index (χ1n) is 8.35. The molecule has 3 aromatic rings. The molecular formula is C20H19N3O4. The quantitative estimate of drug-likeness (QED) is 0.671. The maximum Gasteiger partial charge on any atom is 0.243 e. The molecule has 0 radical (unpaired) electrons. The smallest absolute Gasteiger partial charge is 0.243 e. The number of nitrogens with one attached hydrogen (secondary N) is 2. The summed E-state index contributed by atoms with van der Waals surface area (Å²) < 4.78 is 10.5. The molecular weight excluding hydrogens is 346 g/mol. The maximum atomic E-state index is 12.0. The van der Waals surface area contributed by atoms with Gasteiger partial charge in [0, 0.05) is 17.3 Å². The van der Waals surface area contributed by atoms with Crippen LogP contribution >= 0.6 is 0 Å². The second kappa shape index (κ2) is 8.66. The molecule has 2 amide bonds. The van der Waals surface area contributed by atoms with Gasteiger partial charge in [0.15, 0.2) is 5.76 Å². The lowest BCUT2D eigenvalue weighted by Crippen LogP contribution is -2.33. The highest BCUT2D eigenvalue weighted by atomic mass is 16.5. The highest BCUT2D eigenvalue weighted by Gasteiger charge is 2.12. The minimum Gasteiger partial charge on any atom is -0.497 e. The van der Waals surface area contributed by atoms with Gasteiger partial charge in [0.1, 0.15) is 5.75 Å². The summed E-state index contributed by atoms with van der Waals surface area (Å²) in [6, 6.07) is 18.1. The third-order valence-electron chi connectivity index (χ3n) is 3.76. The number of methoxy groups -OCH3 is 1. The van der Waals surface area contributed by atoms with Crippen LogP contribution in [0.25, 0.3) is 11.3 Å². The molecule has 2 N–H and O–H groups in total. The minimum atomic E-state index is -0.316. The molecule has 0 unspecified atom stereocenters. The predicted molar refractivity (Wildman–Crippen MR) is 100 cm³/mol. The SMILES string of the molecule is COc1cccc(-c2cc(CC(=O)NCC(=O)Nc3ccccc3)no2)c1. The van der Waals surface area contributed by atoms with Crippen molar-refractivity contribution in [3.8, 4) is 17.1 Å². The number of hydrogen-bond donors (Lipinski definition) is 2. The molecule has 7 nitrogen and oxygen atoms in total. The van der Waals surface area contributed by atoms with E-state index in [4.69, 9.17) is 9.26 Å². The first-order valence-corrected chi connectivity index (χ1v) is 8.35. The van der Waals surface area contributed by atoms with Gasteiger partial charge in [-0.05, 0) is 24.3 Å². The van der Waals surface area contributed by atoms with Crippen molar-refractivity contribution in [3.05, 3.63) is 66.4 Å². The van der Waals surface area contributed by atoms with Crippen molar-refractivity contribution >= 4 is 17.5 Å². The topological polar surface area (TPSA) is 93.5 Å². The van der Waals surface area contributed by atoms with Crippen molar-refractivity contribution < 1.29 is 18.8 Å². The number of nitrogens with zero attached hydrogens (tertiary/aromatic N) is 1. The molecule has 0 atom stereocenters. The molecule has 3 rings (SSSR count). The fourth-order valence-corrected chi connectivity index (χ4v) is 2.44. The summed E-state index contributed by atoms with van der Waals surface area (Å²) >= 11 is 0. The monoisotopic (exact) mass is 365 g/mol. The third kappa shape index (κ3) is 5.18. The lowest BCUT2D eigenvalue weighted by Gasteiger charge is -2.06. The van der Waals surface area contributed by atoms with Crippen LogP contribution in [0.4, 0.5) is 5.69 Å². The lowest BCUT2D eigenvalue weighted by molar-refractivity contribution is -0.123. The van der Waals surface area contributed by atoms with Crippen LogP contribution < -0.4 is 15.4 Å². The molecule has 1 heterocycles. The van der Waals surface area contributed by atoms with Gasteiger partial charge >= 0.3 is 0 Å². The first-order chi connectivity index (χ1) is 13.1. The van der Waals surface area contributed by atoms with Crippen LogP contribution in [0.3, 0.4) is 0 Å². The Bertz CT molecular complexity index is 922. The summed E-state index contributed by atoms with van der Waals surface area (Å²) in [5, 5.41) is 9.17. The molecule has 0 saturated carbocycles. The van der Waals surface area contributed by atoms with E-state index in [0.29, 0.717) is 22.9 Å². The van der Waals surface area contributed by atoms with E-state index in [-0.39, 0.29) is 24.8 Å². The van der Waals surface area contributed by atoms with E-state index in [2.05, 4.69) is 15.8 Å². The number of hydrogen-bond acceptors (Lipinski definition) is 5. The van der Waals surface area contributed by atoms with Crippen molar-refractivity contribution in [3.63, 3.8) is 0 Å². The van der Waals surface area contributed by atoms with E-state index in [0.717, 1.165) is 5.56 Å². The molecule has 0 aliphatic rings. The standard InChI is InChI=1S/C20H19N3O4/c1-26-17-9-5-6-14(10-17)18-11-16(23-27-18)12-19(24)21-13-20(25)22-15-7-3-2-4-8-15/h2-11H,12-13H2,1H3,(H,21,24)(H,22,25). The first kappa shape index (κ1) is 18.2. The minimum absolute atomic E-state index is 0.0199. The number of benzene rings is 2. The zero-order valence-electron chi connectivity index (χ0n) is 14.8. The number of ether oxygens (including phenoxy) is 1. The fourth-order valence-electron chi connectivity index (χ4n) is 2.44. The van der Waals surface area contributed by atoms with E-state index in [9.17, 15) is 9.59 Å². The molecule has 1 aromatic heterocycles. The Hall–Kier alpha value is -3.61. The van der Waals surface area contributed by atoms with Gasteiger partial charge in [-0.15, -0.1) is 0 Å². The van der Waals surface area contributed by atoms with Crippen LogP contribution in [0.5, 0.6) is 5.75 Å². The number of anilines is 1. The summed E-state index contributed by atoms with van der Waals surface area (Å²) in [5.74, 6) is 0.626. The highest BCUT2D eigenvalue weighted by Crippen LogP contribution is 2.24. The number of amides is 2. The van der Waals surface area contributed by atoms with Crippen LogP contribution in [0.2, 0.25) is 0 Å². The average Bonchev–Trinajstić information content (AvgIpc) is 3.16. The number of aromatic nitrogens is 1. The van der Waals surface area contributed by atoms with E-state index in [1.54, 1.807) is 25.3 Å². The molecule has 7 heteroatoms. The second-order valence-corrected chi connectivity index (χ2v) is 5.78. The Morgan fingerprint density at radius 3 is 2.63 bits per heavy atom. The van der Waals surface area contributed by atoms with Crippen molar-refractivity contribution in [2.75, 3.05) is 19.0 Å². The van der Waals surface area contributed by atoms with E-state index in [1.165, 1.54) is 0 Å². The van der Waals surface area contributed by atoms with Crippen molar-refractivity contribution in [1.82, 2.24) is 10.5 Å². The molecule has 0 saturated heterocycles. The Morgan fingerprint density at radius 2 is 1.85 bits per heavy atom. The van der Waals surface area contributed by atoms with Gasteiger partial charge < -0.3 is 19.9 Å². The lowest BCUT2D eigenvalue weighted by atomic mass is 10.1. The number of rotatable bonds is 7. The van der Waals surface area contributed by atoms with Gasteiger partial charge in [0.2, 0.25) is 11.8 Å². The van der Waals surface area contributed by atoms with Crippen LogP contribution in [-0.4, -0.2) is 30.6 Å². The Balaban J connectivity index is 1.51. The number of carbonyl (C=O) groups excluding carboxylic acids is 2. The van der Waals surface area contributed by atoms with E-state index in [1.807, 2.05) is 42.5 Å². The van der Waals surface area contributed by atoms with Crippen LogP contribution in [0.1, 0.15) is 5.69 Å². The third-order valence-corrected chi connectivity index (χ3v) is 3.76. The van der Waals surface area contributed by atoms with Gasteiger partial charge in [0.05, 0.1) is 25.8 Å². The highest BCUT2D eigenvalue weighted by molar-refractivity contribution is 5.94. The normalized spacial score (nSPS) is 10.3. The van der Waals surface area contributed by atoms with Crippen LogP contribution in [0, 0.1) is 0 Å². The van der Waals surface area contributed by atoms with Crippen molar-refractivity contribution in [2.24, 2.45) is 0 Å². The molecule has 0 aliphatic carbocycles. The number of carbonyl (C=O) groups is 2. The summed E-state index contributed by atoms with van der Waals surface area (Å²) in [7, 11) is 1.59. The molecule has 0 aliphatic heterocycles. The largest absolute Gasteiger partial charge is 0.497 e. The van der Waals surface area contributed by atoms with Gasteiger partial charge in [-0.1, -0.05) is 35.5 Å². The van der Waals surface area contributed by atoms with E-state index >= 15 is 0 Å². The fraction of sp³-hybridized carbons (Fsp3) is 0.150. The Morgan fingerprint density at radius 1 is 1.04 bits per heavy atom. The molecule has 2 aromatic carbocycles. The summed E-state index contributed by atoms with van der Waals surface area (Å²) in [5.41, 5.74) is 1.96. The second-order valence-electron chi connectivity index (χ2n) is 5.78. The van der Waals surface area contributed by atoms with Gasteiger partial charge in [-0.3, -0.25) is 9.59 Å².